The van der Waals surface area contributed by atoms with Crippen LogP contribution in [0.15, 0.2) is 59.7 Å². The fraction of sp³-hybridized carbons (Fsp3) is 0.174. The summed E-state index contributed by atoms with van der Waals surface area (Å²) in [5, 5.41) is 6.96. The topological polar surface area (TPSA) is 68.0 Å². The van der Waals surface area contributed by atoms with Gasteiger partial charge in [0.05, 0.1) is 6.42 Å². The second kappa shape index (κ2) is 10.1. The molecule has 0 spiro atoms. The maximum absolute atomic E-state index is 13.8. The van der Waals surface area contributed by atoms with Gasteiger partial charge in [0.15, 0.2) is 11.6 Å². The number of hydrogen-bond acceptors (Lipinski definition) is 4. The Bertz CT molecular complexity index is 1140. The van der Waals surface area contributed by atoms with Crippen LogP contribution in [0.25, 0.3) is 5.57 Å². The standard InChI is InChI=1S/C23H20ClF2N3O2/c1-3-5-15(18-13-17(24)9-8-14(18)2)10-11-27-23(30)22-28-20(31-29-22)12-16-6-4-7-19(25)21(16)26/h3-9,13H,1,10-12H2,2H3,(H,27,30)/b15-5-. The highest BCUT2D eigenvalue weighted by molar-refractivity contribution is 6.30. The molecule has 0 unspecified atom stereocenters. The molecule has 0 bridgehead atoms. The lowest BCUT2D eigenvalue weighted by Gasteiger charge is -2.11. The average Bonchev–Trinajstić information content (AvgIpc) is 3.21. The summed E-state index contributed by atoms with van der Waals surface area (Å²) in [6.45, 7) is 6.03. The van der Waals surface area contributed by atoms with Crippen LogP contribution in [-0.4, -0.2) is 22.6 Å². The molecule has 2 aromatic carbocycles. The van der Waals surface area contributed by atoms with E-state index in [1.807, 2.05) is 31.2 Å². The summed E-state index contributed by atoms with van der Waals surface area (Å²) >= 11 is 6.11. The molecule has 160 valence electrons. The van der Waals surface area contributed by atoms with Crippen LogP contribution in [0, 0.1) is 18.6 Å². The molecule has 1 N–H and O–H groups in total. The van der Waals surface area contributed by atoms with Crippen molar-refractivity contribution in [2.24, 2.45) is 0 Å². The van der Waals surface area contributed by atoms with Crippen molar-refractivity contribution >= 4 is 23.1 Å². The van der Waals surface area contributed by atoms with Gasteiger partial charge in [-0.25, -0.2) is 8.78 Å². The van der Waals surface area contributed by atoms with Gasteiger partial charge in [-0.3, -0.25) is 4.79 Å². The summed E-state index contributed by atoms with van der Waals surface area (Å²) in [5.74, 6) is -2.65. The van der Waals surface area contributed by atoms with Crippen molar-refractivity contribution in [1.29, 1.82) is 0 Å². The fourth-order valence-corrected chi connectivity index (χ4v) is 3.22. The minimum Gasteiger partial charge on any atom is -0.349 e. The molecule has 0 saturated carbocycles. The Morgan fingerprint density at radius 1 is 1.29 bits per heavy atom. The lowest BCUT2D eigenvalue weighted by molar-refractivity contribution is 0.0941. The first-order valence-electron chi connectivity index (χ1n) is 9.51. The molecule has 0 aliphatic rings. The lowest BCUT2D eigenvalue weighted by Crippen LogP contribution is -2.25. The van der Waals surface area contributed by atoms with E-state index >= 15 is 0 Å². The van der Waals surface area contributed by atoms with Gasteiger partial charge in [-0.15, -0.1) is 0 Å². The summed E-state index contributed by atoms with van der Waals surface area (Å²) in [6, 6.07) is 9.42. The quantitative estimate of drug-likeness (QED) is 0.480. The van der Waals surface area contributed by atoms with E-state index in [4.69, 9.17) is 16.1 Å². The number of carbonyl (C=O) groups excluding carboxylic acids is 1. The minimum atomic E-state index is -0.982. The largest absolute Gasteiger partial charge is 0.349 e. The van der Waals surface area contributed by atoms with Crippen molar-refractivity contribution in [2.75, 3.05) is 6.54 Å². The zero-order valence-corrected chi connectivity index (χ0v) is 17.5. The second-order valence-electron chi connectivity index (χ2n) is 6.79. The van der Waals surface area contributed by atoms with Crippen LogP contribution in [0.1, 0.15) is 39.6 Å². The number of benzene rings is 2. The summed E-state index contributed by atoms with van der Waals surface area (Å²) in [4.78, 5) is 16.3. The van der Waals surface area contributed by atoms with Crippen LogP contribution < -0.4 is 5.32 Å². The Morgan fingerprint density at radius 3 is 2.87 bits per heavy atom. The maximum Gasteiger partial charge on any atom is 0.292 e. The molecule has 0 radical (unpaired) electrons. The fourth-order valence-electron chi connectivity index (χ4n) is 3.05. The Kier molecular flexibility index (Phi) is 7.31. The Labute approximate surface area is 183 Å². The van der Waals surface area contributed by atoms with E-state index in [9.17, 15) is 13.6 Å². The van der Waals surface area contributed by atoms with E-state index in [1.54, 1.807) is 6.08 Å². The molecule has 1 aromatic heterocycles. The number of rotatable bonds is 8. The highest BCUT2D eigenvalue weighted by Gasteiger charge is 2.17. The monoisotopic (exact) mass is 443 g/mol. The number of aromatic nitrogens is 2. The molecule has 0 atom stereocenters. The Morgan fingerprint density at radius 2 is 2.10 bits per heavy atom. The van der Waals surface area contributed by atoms with Gasteiger partial charge in [0.2, 0.25) is 5.89 Å². The van der Waals surface area contributed by atoms with Crippen LogP contribution >= 0.6 is 11.6 Å². The Hall–Kier alpha value is -3.32. The van der Waals surface area contributed by atoms with E-state index in [2.05, 4.69) is 22.0 Å². The third-order valence-corrected chi connectivity index (χ3v) is 4.82. The minimum absolute atomic E-state index is 0.0106. The van der Waals surface area contributed by atoms with Gasteiger partial charge in [-0.05, 0) is 48.2 Å². The number of halogens is 3. The molecule has 8 heteroatoms. The molecule has 0 fully saturated rings. The van der Waals surface area contributed by atoms with Crippen molar-refractivity contribution in [2.45, 2.75) is 19.8 Å². The maximum atomic E-state index is 13.8. The van der Waals surface area contributed by atoms with Crippen molar-refractivity contribution in [3.05, 3.63) is 100 Å². The highest BCUT2D eigenvalue weighted by Crippen LogP contribution is 2.25. The number of allylic oxidation sites excluding steroid dienone is 2. The van der Waals surface area contributed by atoms with Crippen molar-refractivity contribution in [3.8, 4) is 0 Å². The molecule has 1 heterocycles. The van der Waals surface area contributed by atoms with Gasteiger partial charge in [0, 0.05) is 17.1 Å². The third-order valence-electron chi connectivity index (χ3n) is 4.59. The van der Waals surface area contributed by atoms with Crippen LogP contribution in [0.5, 0.6) is 0 Å². The first-order chi connectivity index (χ1) is 14.9. The number of aryl methyl sites for hydroxylation is 1. The van der Waals surface area contributed by atoms with E-state index in [1.165, 1.54) is 12.1 Å². The summed E-state index contributed by atoms with van der Waals surface area (Å²) in [6.07, 6.45) is 3.95. The first-order valence-corrected chi connectivity index (χ1v) is 9.88. The predicted molar refractivity (Wildman–Crippen MR) is 115 cm³/mol. The lowest BCUT2D eigenvalue weighted by atomic mass is 9.97. The molecule has 31 heavy (non-hydrogen) atoms. The highest BCUT2D eigenvalue weighted by atomic mass is 35.5. The molecule has 3 rings (SSSR count). The van der Waals surface area contributed by atoms with Gasteiger partial charge < -0.3 is 9.84 Å². The molecule has 3 aromatic rings. The number of nitrogens with one attached hydrogen (secondary N) is 1. The second-order valence-corrected chi connectivity index (χ2v) is 7.23. The van der Waals surface area contributed by atoms with Crippen LogP contribution in [0.3, 0.4) is 0 Å². The van der Waals surface area contributed by atoms with Crippen molar-refractivity contribution in [3.63, 3.8) is 0 Å². The normalized spacial score (nSPS) is 11.4. The summed E-state index contributed by atoms with van der Waals surface area (Å²) in [7, 11) is 0. The van der Waals surface area contributed by atoms with Crippen molar-refractivity contribution in [1.82, 2.24) is 15.5 Å². The molecule has 1 amide bonds. The van der Waals surface area contributed by atoms with Gasteiger partial charge >= 0.3 is 0 Å². The smallest absolute Gasteiger partial charge is 0.292 e. The van der Waals surface area contributed by atoms with Gasteiger partial charge in [-0.1, -0.05) is 53.7 Å². The zero-order chi connectivity index (χ0) is 22.4. The van der Waals surface area contributed by atoms with Gasteiger partial charge in [0.25, 0.3) is 11.7 Å². The van der Waals surface area contributed by atoms with Crippen LogP contribution in [0.2, 0.25) is 5.02 Å². The molecular weight excluding hydrogens is 424 g/mol. The molecular formula is C23H20ClF2N3O2. The summed E-state index contributed by atoms with van der Waals surface area (Å²) < 4.78 is 32.1. The van der Waals surface area contributed by atoms with Crippen molar-refractivity contribution < 1.29 is 18.1 Å². The van der Waals surface area contributed by atoms with Gasteiger partial charge in [-0.2, -0.15) is 4.98 Å². The molecule has 0 aliphatic heterocycles. The third kappa shape index (κ3) is 5.64. The predicted octanol–water partition coefficient (Wildman–Crippen LogP) is 5.29. The number of carbonyl (C=O) groups is 1. The molecule has 0 aliphatic carbocycles. The molecule has 5 nitrogen and oxygen atoms in total. The van der Waals surface area contributed by atoms with E-state index in [0.717, 1.165) is 22.8 Å². The van der Waals surface area contributed by atoms with Crippen LogP contribution in [0.4, 0.5) is 8.78 Å². The van der Waals surface area contributed by atoms with E-state index in [-0.39, 0.29) is 23.7 Å². The number of nitrogens with zero attached hydrogens (tertiary/aromatic N) is 2. The van der Waals surface area contributed by atoms with E-state index < -0.39 is 17.5 Å². The SMILES string of the molecule is C=C/C=C(/CCNC(=O)c1noc(Cc2cccc(F)c2F)n1)c1cc(Cl)ccc1C. The number of amides is 1. The van der Waals surface area contributed by atoms with Gasteiger partial charge in [0.1, 0.15) is 0 Å². The average molecular weight is 444 g/mol. The zero-order valence-electron chi connectivity index (χ0n) is 16.8. The van der Waals surface area contributed by atoms with Crippen LogP contribution in [-0.2, 0) is 6.42 Å². The molecule has 0 saturated heterocycles. The van der Waals surface area contributed by atoms with E-state index in [0.29, 0.717) is 18.0 Å². The number of hydrogen-bond donors (Lipinski definition) is 1. The summed E-state index contributed by atoms with van der Waals surface area (Å²) in [5.41, 5.74) is 3.05. The first kappa shape index (κ1) is 22.4. The Balaban J connectivity index is 1.62.